The summed E-state index contributed by atoms with van der Waals surface area (Å²) in [6.07, 6.45) is 0. The van der Waals surface area contributed by atoms with Gasteiger partial charge in [0.05, 0.1) is 16.3 Å². The third-order valence-corrected chi connectivity index (χ3v) is 5.25. The lowest BCUT2D eigenvalue weighted by Gasteiger charge is -2.08. The highest BCUT2D eigenvalue weighted by Gasteiger charge is 2.18. The number of carbonyl (C=O) groups excluding carboxylic acids is 1. The number of carbonyl (C=O) groups is 2. The highest BCUT2D eigenvalue weighted by molar-refractivity contribution is 14.1. The van der Waals surface area contributed by atoms with Gasteiger partial charge in [-0.15, -0.1) is 11.3 Å². The summed E-state index contributed by atoms with van der Waals surface area (Å²) in [5.74, 6) is -1.55. The molecule has 0 saturated heterocycles. The molecule has 4 nitrogen and oxygen atoms in total. The number of carboxylic acids is 1. The smallest absolute Gasteiger partial charge is 0.348 e. The number of benzene rings is 1. The predicted molar refractivity (Wildman–Crippen MR) is 88.4 cm³/mol. The van der Waals surface area contributed by atoms with Gasteiger partial charge < -0.3 is 10.4 Å². The number of rotatable bonds is 3. The van der Waals surface area contributed by atoms with Gasteiger partial charge in [-0.2, -0.15) is 0 Å². The molecule has 1 aromatic heterocycles. The van der Waals surface area contributed by atoms with Gasteiger partial charge >= 0.3 is 5.97 Å². The number of aromatic carboxylic acids is 1. The van der Waals surface area contributed by atoms with Crippen LogP contribution in [0.2, 0.25) is 10.0 Å². The lowest BCUT2D eigenvalue weighted by atomic mass is 10.2. The number of thiophene rings is 1. The Labute approximate surface area is 141 Å². The molecular weight excluding hydrogens is 436 g/mol. The van der Waals surface area contributed by atoms with Gasteiger partial charge in [-0.25, -0.2) is 4.79 Å². The van der Waals surface area contributed by atoms with Gasteiger partial charge in [-0.05, 0) is 46.2 Å². The average Bonchev–Trinajstić information content (AvgIpc) is 2.81. The Morgan fingerprint density at radius 3 is 2.65 bits per heavy atom. The van der Waals surface area contributed by atoms with Gasteiger partial charge in [-0.1, -0.05) is 23.2 Å². The molecule has 0 bridgehead atoms. The molecule has 1 heterocycles. The predicted octanol–water partition coefficient (Wildman–Crippen LogP) is 4.61. The summed E-state index contributed by atoms with van der Waals surface area (Å²) in [5, 5.41) is 13.8. The van der Waals surface area contributed by atoms with E-state index in [2.05, 4.69) is 5.32 Å². The summed E-state index contributed by atoms with van der Waals surface area (Å²) in [4.78, 5) is 23.3. The highest BCUT2D eigenvalue weighted by atomic mass is 127. The van der Waals surface area contributed by atoms with Crippen LogP contribution in [0.3, 0.4) is 0 Å². The fraction of sp³-hybridized carbons (Fsp3) is 0. The molecule has 0 saturated carbocycles. The molecule has 0 atom stereocenters. The van der Waals surface area contributed by atoms with Crippen LogP contribution in [0, 0.1) is 3.57 Å². The first kappa shape index (κ1) is 15.6. The highest BCUT2D eigenvalue weighted by Crippen LogP contribution is 2.28. The second-order valence-corrected chi connectivity index (χ2v) is 6.51. The van der Waals surface area contributed by atoms with E-state index in [4.69, 9.17) is 28.3 Å². The number of nitrogens with one attached hydrogen (secondary N) is 1. The van der Waals surface area contributed by atoms with Gasteiger partial charge in [-0.3, -0.25) is 4.79 Å². The standard InChI is InChI=1S/C12H6Cl2INO3S/c13-5-3-6(9(15)7(14)4-5)11(17)16-8-1-2-20-10(8)12(18)19/h1-4H,(H,16,17)(H,18,19). The monoisotopic (exact) mass is 441 g/mol. The van der Waals surface area contributed by atoms with Gasteiger partial charge in [0.25, 0.3) is 5.91 Å². The molecule has 0 aliphatic carbocycles. The van der Waals surface area contributed by atoms with Crippen LogP contribution in [0.4, 0.5) is 5.69 Å². The second kappa shape index (κ2) is 6.30. The molecule has 2 rings (SSSR count). The summed E-state index contributed by atoms with van der Waals surface area (Å²) in [7, 11) is 0. The molecule has 1 amide bonds. The van der Waals surface area contributed by atoms with Crippen LogP contribution in [0.25, 0.3) is 0 Å². The van der Waals surface area contributed by atoms with Crippen molar-refractivity contribution >= 4 is 74.7 Å². The Kier molecular flexibility index (Phi) is 4.90. The van der Waals surface area contributed by atoms with Crippen LogP contribution < -0.4 is 5.32 Å². The van der Waals surface area contributed by atoms with E-state index in [0.717, 1.165) is 11.3 Å². The summed E-state index contributed by atoms with van der Waals surface area (Å²) >= 11 is 14.8. The first-order valence-electron chi connectivity index (χ1n) is 5.17. The molecule has 0 spiro atoms. The third kappa shape index (κ3) is 3.25. The molecule has 0 aliphatic heterocycles. The summed E-state index contributed by atoms with van der Waals surface area (Å²) in [5.41, 5.74) is 0.546. The van der Waals surface area contributed by atoms with E-state index in [0.29, 0.717) is 19.2 Å². The fourth-order valence-corrected chi connectivity index (χ4v) is 3.22. The molecule has 0 aliphatic rings. The number of halogens is 3. The van der Waals surface area contributed by atoms with Crippen molar-refractivity contribution in [2.45, 2.75) is 0 Å². The zero-order valence-electron chi connectivity index (χ0n) is 9.62. The van der Waals surface area contributed by atoms with Crippen molar-refractivity contribution in [3.63, 3.8) is 0 Å². The molecule has 1 aromatic carbocycles. The molecule has 0 unspecified atom stereocenters. The molecule has 20 heavy (non-hydrogen) atoms. The van der Waals surface area contributed by atoms with Gasteiger partial charge in [0.1, 0.15) is 4.88 Å². The molecule has 0 radical (unpaired) electrons. The normalized spacial score (nSPS) is 10.3. The number of hydrogen-bond donors (Lipinski definition) is 2. The fourth-order valence-electron chi connectivity index (χ4n) is 1.48. The maximum atomic E-state index is 12.2. The zero-order chi connectivity index (χ0) is 14.9. The quantitative estimate of drug-likeness (QED) is 0.539. The number of hydrogen-bond acceptors (Lipinski definition) is 3. The average molecular weight is 442 g/mol. The van der Waals surface area contributed by atoms with E-state index in [1.54, 1.807) is 5.38 Å². The molecule has 0 fully saturated rings. The van der Waals surface area contributed by atoms with Crippen LogP contribution in [0.5, 0.6) is 0 Å². The summed E-state index contributed by atoms with van der Waals surface area (Å²) in [6.45, 7) is 0. The minimum Gasteiger partial charge on any atom is -0.477 e. The largest absolute Gasteiger partial charge is 0.477 e. The van der Waals surface area contributed by atoms with Gasteiger partial charge in [0.15, 0.2) is 0 Å². The van der Waals surface area contributed by atoms with Crippen molar-refractivity contribution in [2.24, 2.45) is 0 Å². The van der Waals surface area contributed by atoms with E-state index in [1.807, 2.05) is 22.6 Å². The second-order valence-electron chi connectivity index (χ2n) is 3.67. The van der Waals surface area contributed by atoms with E-state index in [9.17, 15) is 9.59 Å². The van der Waals surface area contributed by atoms with Crippen LogP contribution in [-0.4, -0.2) is 17.0 Å². The maximum Gasteiger partial charge on any atom is 0.348 e. The van der Waals surface area contributed by atoms with E-state index in [1.165, 1.54) is 18.2 Å². The Hall–Kier alpha value is -0.830. The van der Waals surface area contributed by atoms with Gasteiger partial charge in [0.2, 0.25) is 0 Å². The number of anilines is 1. The minimum absolute atomic E-state index is 0.0708. The molecule has 8 heteroatoms. The first-order valence-corrected chi connectivity index (χ1v) is 7.88. The van der Waals surface area contributed by atoms with Crippen molar-refractivity contribution in [1.82, 2.24) is 0 Å². The van der Waals surface area contributed by atoms with E-state index in [-0.39, 0.29) is 10.6 Å². The van der Waals surface area contributed by atoms with E-state index < -0.39 is 11.9 Å². The van der Waals surface area contributed by atoms with Crippen LogP contribution >= 0.6 is 57.1 Å². The zero-order valence-corrected chi connectivity index (χ0v) is 14.1. The molecular formula is C12H6Cl2INO3S. The van der Waals surface area contributed by atoms with Crippen molar-refractivity contribution in [1.29, 1.82) is 0 Å². The van der Waals surface area contributed by atoms with Crippen LogP contribution in [0.1, 0.15) is 20.0 Å². The Bertz CT molecular complexity index is 702. The van der Waals surface area contributed by atoms with E-state index >= 15 is 0 Å². The Morgan fingerprint density at radius 1 is 1.30 bits per heavy atom. The summed E-state index contributed by atoms with van der Waals surface area (Å²) < 4.78 is 0.554. The topological polar surface area (TPSA) is 66.4 Å². The van der Waals surface area contributed by atoms with Crippen molar-refractivity contribution in [2.75, 3.05) is 5.32 Å². The van der Waals surface area contributed by atoms with Gasteiger partial charge in [0, 0.05) is 8.59 Å². The number of amides is 1. The lowest BCUT2D eigenvalue weighted by molar-refractivity contribution is 0.0703. The van der Waals surface area contributed by atoms with Crippen LogP contribution in [0.15, 0.2) is 23.6 Å². The minimum atomic E-state index is -1.09. The molecule has 2 N–H and O–H groups in total. The molecule has 104 valence electrons. The Morgan fingerprint density at radius 2 is 2.00 bits per heavy atom. The molecule has 2 aromatic rings. The SMILES string of the molecule is O=C(Nc1ccsc1C(=O)O)c1cc(Cl)cc(Cl)c1I. The maximum absolute atomic E-state index is 12.2. The lowest BCUT2D eigenvalue weighted by Crippen LogP contribution is -2.15. The third-order valence-electron chi connectivity index (χ3n) is 2.35. The van der Waals surface area contributed by atoms with Crippen molar-refractivity contribution in [3.05, 3.63) is 47.6 Å². The summed E-state index contributed by atoms with van der Waals surface area (Å²) in [6, 6.07) is 4.55. The first-order chi connectivity index (χ1) is 9.40. The van der Waals surface area contributed by atoms with Crippen molar-refractivity contribution < 1.29 is 14.7 Å². The van der Waals surface area contributed by atoms with Crippen LogP contribution in [-0.2, 0) is 0 Å². The number of carboxylic acid groups (broad SMARTS) is 1. The van der Waals surface area contributed by atoms with Crippen molar-refractivity contribution in [3.8, 4) is 0 Å². The Balaban J connectivity index is 2.33.